The van der Waals surface area contributed by atoms with E-state index in [9.17, 15) is 4.79 Å². The highest BCUT2D eigenvalue weighted by atomic mass is 16.5. The van der Waals surface area contributed by atoms with Crippen molar-refractivity contribution in [3.05, 3.63) is 34.1 Å². The summed E-state index contributed by atoms with van der Waals surface area (Å²) in [5.41, 5.74) is 1.59. The second-order valence-corrected chi connectivity index (χ2v) is 3.76. The monoisotopic (exact) mass is 233 g/mol. The number of nitrogens with one attached hydrogen (secondary N) is 1. The van der Waals surface area contributed by atoms with E-state index >= 15 is 0 Å². The summed E-state index contributed by atoms with van der Waals surface area (Å²) in [5, 5.41) is 0.582. The molecule has 90 valence electrons. The molecule has 1 N–H and O–H groups in total. The predicted octanol–water partition coefficient (Wildman–Crippen LogP) is 2.11. The first-order valence-electron chi connectivity index (χ1n) is 5.47. The van der Waals surface area contributed by atoms with Crippen LogP contribution in [0.25, 0.3) is 10.9 Å². The van der Waals surface area contributed by atoms with Crippen molar-refractivity contribution in [3.63, 3.8) is 0 Å². The van der Waals surface area contributed by atoms with Gasteiger partial charge in [-0.1, -0.05) is 6.92 Å². The smallest absolute Gasteiger partial charge is 0.189 e. The number of hydrogen-bond donors (Lipinski definition) is 1. The molecule has 1 aromatic carbocycles. The number of aromatic nitrogens is 1. The summed E-state index contributed by atoms with van der Waals surface area (Å²) >= 11 is 0. The molecule has 4 heteroatoms. The molecular formula is C13H15NO3. The van der Waals surface area contributed by atoms with E-state index in [0.717, 1.165) is 17.6 Å². The first kappa shape index (κ1) is 11.5. The van der Waals surface area contributed by atoms with Crippen LogP contribution < -0.4 is 14.9 Å². The van der Waals surface area contributed by atoms with Gasteiger partial charge in [0.25, 0.3) is 0 Å². The molecule has 17 heavy (non-hydrogen) atoms. The van der Waals surface area contributed by atoms with E-state index in [4.69, 9.17) is 9.47 Å². The van der Waals surface area contributed by atoms with Gasteiger partial charge in [-0.3, -0.25) is 4.79 Å². The average molecular weight is 233 g/mol. The van der Waals surface area contributed by atoms with Gasteiger partial charge < -0.3 is 14.5 Å². The van der Waals surface area contributed by atoms with E-state index in [0.29, 0.717) is 16.9 Å². The lowest BCUT2D eigenvalue weighted by atomic mass is 10.1. The van der Waals surface area contributed by atoms with Crippen LogP contribution in [0.1, 0.15) is 12.6 Å². The molecule has 0 saturated heterocycles. The van der Waals surface area contributed by atoms with Crippen molar-refractivity contribution < 1.29 is 9.47 Å². The van der Waals surface area contributed by atoms with Gasteiger partial charge >= 0.3 is 0 Å². The van der Waals surface area contributed by atoms with Crippen molar-refractivity contribution in [2.45, 2.75) is 13.3 Å². The molecule has 0 aliphatic carbocycles. The molecule has 0 atom stereocenters. The maximum atomic E-state index is 12.0. The number of aryl methyl sites for hydroxylation is 1. The van der Waals surface area contributed by atoms with E-state index in [-0.39, 0.29) is 5.43 Å². The van der Waals surface area contributed by atoms with Crippen molar-refractivity contribution in [2.75, 3.05) is 14.2 Å². The van der Waals surface area contributed by atoms with Crippen LogP contribution >= 0.6 is 0 Å². The molecule has 0 aliphatic heterocycles. The van der Waals surface area contributed by atoms with Crippen LogP contribution in [0.5, 0.6) is 11.5 Å². The van der Waals surface area contributed by atoms with Crippen LogP contribution in [0.3, 0.4) is 0 Å². The zero-order valence-corrected chi connectivity index (χ0v) is 10.2. The number of H-pyrrole nitrogens is 1. The Bertz CT molecular complexity index is 601. The number of methoxy groups -OCH3 is 2. The summed E-state index contributed by atoms with van der Waals surface area (Å²) in [6.07, 6.45) is 0.778. The van der Waals surface area contributed by atoms with Gasteiger partial charge in [-0.2, -0.15) is 0 Å². The first-order valence-corrected chi connectivity index (χ1v) is 5.47. The number of ether oxygens (including phenoxy) is 2. The molecule has 0 amide bonds. The van der Waals surface area contributed by atoms with Crippen LogP contribution in [0.4, 0.5) is 0 Å². The highest BCUT2D eigenvalue weighted by Gasteiger charge is 2.09. The lowest BCUT2D eigenvalue weighted by Gasteiger charge is -2.09. The van der Waals surface area contributed by atoms with Gasteiger partial charge in [0.15, 0.2) is 5.43 Å². The second kappa shape index (κ2) is 4.49. The topological polar surface area (TPSA) is 51.3 Å². The SMILES string of the molecule is CCc1cc(=O)c2cc(OC)cc(OC)c2[nH]1. The minimum Gasteiger partial charge on any atom is -0.497 e. The average Bonchev–Trinajstić information content (AvgIpc) is 2.37. The fraction of sp³-hybridized carbons (Fsp3) is 0.308. The van der Waals surface area contributed by atoms with Crippen LogP contribution in [0, 0.1) is 0 Å². The maximum Gasteiger partial charge on any atom is 0.189 e. The van der Waals surface area contributed by atoms with Crippen molar-refractivity contribution in [2.24, 2.45) is 0 Å². The van der Waals surface area contributed by atoms with Gasteiger partial charge in [-0.15, -0.1) is 0 Å². The molecule has 1 heterocycles. The van der Waals surface area contributed by atoms with Crippen LogP contribution in [-0.2, 0) is 6.42 Å². The van der Waals surface area contributed by atoms with E-state index in [1.165, 1.54) is 0 Å². The molecule has 2 aromatic rings. The van der Waals surface area contributed by atoms with Crippen molar-refractivity contribution in [3.8, 4) is 11.5 Å². The van der Waals surface area contributed by atoms with E-state index in [1.807, 2.05) is 6.92 Å². The van der Waals surface area contributed by atoms with Gasteiger partial charge in [0.2, 0.25) is 0 Å². The Kier molecular flexibility index (Phi) is 3.04. The molecule has 2 rings (SSSR count). The fourth-order valence-electron chi connectivity index (χ4n) is 1.82. The largest absolute Gasteiger partial charge is 0.497 e. The van der Waals surface area contributed by atoms with Crippen molar-refractivity contribution >= 4 is 10.9 Å². The Labute approximate surface area is 99.2 Å². The predicted molar refractivity (Wildman–Crippen MR) is 67.1 cm³/mol. The molecule has 4 nitrogen and oxygen atoms in total. The molecule has 0 spiro atoms. The summed E-state index contributed by atoms with van der Waals surface area (Å²) in [6, 6.07) is 5.09. The molecule has 0 fully saturated rings. The van der Waals surface area contributed by atoms with Gasteiger partial charge in [-0.25, -0.2) is 0 Å². The quantitative estimate of drug-likeness (QED) is 0.883. The number of aromatic amines is 1. The Morgan fingerprint density at radius 2 is 1.94 bits per heavy atom. The zero-order valence-electron chi connectivity index (χ0n) is 10.2. The minimum atomic E-state index is -0.0206. The first-order chi connectivity index (χ1) is 8.19. The van der Waals surface area contributed by atoms with E-state index in [1.54, 1.807) is 32.4 Å². The standard InChI is InChI=1S/C13H15NO3/c1-4-8-5-11(15)10-6-9(16-2)7-12(17-3)13(10)14-8/h5-7H,4H2,1-3H3,(H,14,15). The highest BCUT2D eigenvalue weighted by Crippen LogP contribution is 2.28. The van der Waals surface area contributed by atoms with Gasteiger partial charge in [0, 0.05) is 17.8 Å². The van der Waals surface area contributed by atoms with Crippen LogP contribution in [0.2, 0.25) is 0 Å². The Morgan fingerprint density at radius 3 is 2.53 bits per heavy atom. The lowest BCUT2D eigenvalue weighted by molar-refractivity contribution is 0.397. The molecule has 1 aromatic heterocycles. The third-order valence-corrected chi connectivity index (χ3v) is 2.77. The Hall–Kier alpha value is -1.97. The van der Waals surface area contributed by atoms with E-state index < -0.39 is 0 Å². The summed E-state index contributed by atoms with van der Waals surface area (Å²) in [4.78, 5) is 15.2. The molecule has 0 saturated carbocycles. The number of rotatable bonds is 3. The number of hydrogen-bond acceptors (Lipinski definition) is 3. The van der Waals surface area contributed by atoms with Gasteiger partial charge in [-0.05, 0) is 12.5 Å². The molecular weight excluding hydrogens is 218 g/mol. The van der Waals surface area contributed by atoms with Crippen LogP contribution in [-0.4, -0.2) is 19.2 Å². The summed E-state index contributed by atoms with van der Waals surface area (Å²) in [5.74, 6) is 1.23. The highest BCUT2D eigenvalue weighted by molar-refractivity contribution is 5.86. The Morgan fingerprint density at radius 1 is 1.18 bits per heavy atom. The maximum absolute atomic E-state index is 12.0. The van der Waals surface area contributed by atoms with Gasteiger partial charge in [0.1, 0.15) is 11.5 Å². The fourth-order valence-corrected chi connectivity index (χ4v) is 1.82. The third kappa shape index (κ3) is 1.98. The summed E-state index contributed by atoms with van der Waals surface area (Å²) < 4.78 is 10.4. The van der Waals surface area contributed by atoms with Crippen molar-refractivity contribution in [1.29, 1.82) is 0 Å². The zero-order chi connectivity index (χ0) is 12.4. The number of benzene rings is 1. The number of fused-ring (bicyclic) bond motifs is 1. The second-order valence-electron chi connectivity index (χ2n) is 3.76. The number of pyridine rings is 1. The van der Waals surface area contributed by atoms with Gasteiger partial charge in [0.05, 0.1) is 25.1 Å². The normalized spacial score (nSPS) is 10.5. The third-order valence-electron chi connectivity index (χ3n) is 2.77. The summed E-state index contributed by atoms with van der Waals surface area (Å²) in [6.45, 7) is 1.99. The molecule has 0 unspecified atom stereocenters. The lowest BCUT2D eigenvalue weighted by Crippen LogP contribution is -2.06. The van der Waals surface area contributed by atoms with Crippen molar-refractivity contribution in [1.82, 2.24) is 4.98 Å². The van der Waals surface area contributed by atoms with Crippen LogP contribution in [0.15, 0.2) is 23.0 Å². The Balaban J connectivity index is 2.84. The molecule has 0 radical (unpaired) electrons. The molecule has 0 bridgehead atoms. The minimum absolute atomic E-state index is 0.0206. The van der Waals surface area contributed by atoms with E-state index in [2.05, 4.69) is 4.98 Å². The summed E-state index contributed by atoms with van der Waals surface area (Å²) in [7, 11) is 3.14. The molecule has 0 aliphatic rings.